The second-order valence-corrected chi connectivity index (χ2v) is 6.70. The molecular weight excluding hydrogens is 312 g/mol. The van der Waals surface area contributed by atoms with E-state index in [1.165, 1.54) is 22.3 Å². The minimum absolute atomic E-state index is 0.152. The van der Waals surface area contributed by atoms with Crippen LogP contribution in [0.5, 0.6) is 0 Å². The molecule has 0 unspecified atom stereocenters. The van der Waals surface area contributed by atoms with Crippen LogP contribution in [0.2, 0.25) is 0 Å². The Kier molecular flexibility index (Phi) is 8.33. The zero-order chi connectivity index (χ0) is 17.9. The highest BCUT2D eigenvalue weighted by molar-refractivity contribution is 5.11. The summed E-state index contributed by atoms with van der Waals surface area (Å²) < 4.78 is 15.9. The van der Waals surface area contributed by atoms with Crippen molar-refractivity contribution < 1.29 is 13.6 Å². The van der Waals surface area contributed by atoms with Crippen molar-refractivity contribution in [1.82, 2.24) is 0 Å². The van der Waals surface area contributed by atoms with Crippen molar-refractivity contribution in [2.75, 3.05) is 7.11 Å². The van der Waals surface area contributed by atoms with E-state index in [-0.39, 0.29) is 6.10 Å². The van der Waals surface area contributed by atoms with Gasteiger partial charge in [0.05, 0.1) is 31.2 Å². The van der Waals surface area contributed by atoms with E-state index in [4.69, 9.17) is 13.6 Å². The largest absolute Gasteiger partial charge is 0.472 e. The average molecular weight is 342 g/mol. The summed E-state index contributed by atoms with van der Waals surface area (Å²) in [6.45, 7) is 4.38. The van der Waals surface area contributed by atoms with Crippen LogP contribution < -0.4 is 0 Å². The highest BCUT2D eigenvalue weighted by Gasteiger charge is 2.06. The Morgan fingerprint density at radius 2 is 1.72 bits per heavy atom. The van der Waals surface area contributed by atoms with E-state index in [9.17, 15) is 0 Å². The van der Waals surface area contributed by atoms with Gasteiger partial charge in [0, 0.05) is 7.11 Å². The SMILES string of the molecule is CO[C@H](/C=C(\C)CCCc1ccoc1)C/C(C)=C/CCc1ccoc1. The Morgan fingerprint density at radius 3 is 2.32 bits per heavy atom. The lowest BCUT2D eigenvalue weighted by Crippen LogP contribution is -2.08. The van der Waals surface area contributed by atoms with Crippen molar-refractivity contribution in [3.8, 4) is 0 Å². The fourth-order valence-electron chi connectivity index (χ4n) is 2.94. The van der Waals surface area contributed by atoms with Gasteiger partial charge in [-0.15, -0.1) is 0 Å². The predicted octanol–water partition coefficient (Wildman–Crippen LogP) is 6.13. The van der Waals surface area contributed by atoms with Gasteiger partial charge in [0.2, 0.25) is 0 Å². The van der Waals surface area contributed by atoms with E-state index in [0.717, 1.165) is 38.5 Å². The van der Waals surface area contributed by atoms with E-state index >= 15 is 0 Å². The van der Waals surface area contributed by atoms with Crippen LogP contribution in [0, 0.1) is 0 Å². The molecule has 0 aliphatic rings. The predicted molar refractivity (Wildman–Crippen MR) is 102 cm³/mol. The van der Waals surface area contributed by atoms with Gasteiger partial charge in [0.1, 0.15) is 0 Å². The van der Waals surface area contributed by atoms with Gasteiger partial charge in [-0.2, -0.15) is 0 Å². The van der Waals surface area contributed by atoms with E-state index < -0.39 is 0 Å². The van der Waals surface area contributed by atoms with E-state index in [1.807, 2.05) is 24.7 Å². The summed E-state index contributed by atoms with van der Waals surface area (Å²) in [6.07, 6.45) is 18.1. The Morgan fingerprint density at radius 1 is 1.04 bits per heavy atom. The number of rotatable bonds is 11. The van der Waals surface area contributed by atoms with Crippen molar-refractivity contribution in [2.45, 2.75) is 58.5 Å². The molecule has 0 aliphatic carbocycles. The van der Waals surface area contributed by atoms with Crippen LogP contribution in [0.4, 0.5) is 0 Å². The molecule has 2 heterocycles. The minimum Gasteiger partial charge on any atom is -0.472 e. The van der Waals surface area contributed by atoms with Gasteiger partial charge in [-0.25, -0.2) is 0 Å². The molecule has 0 spiro atoms. The molecule has 0 saturated heterocycles. The van der Waals surface area contributed by atoms with Crippen molar-refractivity contribution in [2.24, 2.45) is 0 Å². The van der Waals surface area contributed by atoms with Crippen molar-refractivity contribution >= 4 is 0 Å². The number of methoxy groups -OCH3 is 1. The summed E-state index contributed by atoms with van der Waals surface area (Å²) in [4.78, 5) is 0. The summed E-state index contributed by atoms with van der Waals surface area (Å²) in [6, 6.07) is 4.06. The molecule has 3 heteroatoms. The van der Waals surface area contributed by atoms with Crippen LogP contribution in [0.25, 0.3) is 0 Å². The van der Waals surface area contributed by atoms with E-state index in [0.29, 0.717) is 0 Å². The fourth-order valence-corrected chi connectivity index (χ4v) is 2.94. The zero-order valence-electron chi connectivity index (χ0n) is 15.7. The molecule has 2 aromatic heterocycles. The van der Waals surface area contributed by atoms with Crippen LogP contribution >= 0.6 is 0 Å². The normalized spacial score (nSPS) is 14.0. The quantitative estimate of drug-likeness (QED) is 0.461. The lowest BCUT2D eigenvalue weighted by Gasteiger charge is -2.13. The van der Waals surface area contributed by atoms with Gasteiger partial charge in [-0.05, 0) is 75.6 Å². The first kappa shape index (κ1) is 19.3. The lowest BCUT2D eigenvalue weighted by atomic mass is 10.0. The molecular formula is C22H30O3. The number of hydrogen-bond acceptors (Lipinski definition) is 3. The topological polar surface area (TPSA) is 35.5 Å². The zero-order valence-corrected chi connectivity index (χ0v) is 15.7. The monoisotopic (exact) mass is 342 g/mol. The van der Waals surface area contributed by atoms with Crippen molar-refractivity contribution in [3.05, 3.63) is 71.6 Å². The number of aryl methyl sites for hydroxylation is 2. The Bertz CT molecular complexity index is 633. The van der Waals surface area contributed by atoms with E-state index in [1.54, 1.807) is 19.6 Å². The van der Waals surface area contributed by atoms with Crippen molar-refractivity contribution in [1.29, 1.82) is 0 Å². The standard InChI is InChI=1S/C22H30O3/c1-18(6-4-8-20-10-12-24-16-20)14-22(23-3)15-19(2)7-5-9-21-11-13-25-17-21/h6,10-13,15-17,22H,4-5,7-9,14H2,1-3H3/b18-6+,19-15+/t22-/m0/s1. The van der Waals surface area contributed by atoms with Crippen LogP contribution in [0.15, 0.2) is 69.3 Å². The molecule has 136 valence electrons. The average Bonchev–Trinajstić information content (AvgIpc) is 3.28. The molecule has 3 nitrogen and oxygen atoms in total. The molecule has 0 amide bonds. The lowest BCUT2D eigenvalue weighted by molar-refractivity contribution is 0.140. The maximum atomic E-state index is 5.65. The highest BCUT2D eigenvalue weighted by Crippen LogP contribution is 2.16. The Hall–Kier alpha value is -2.00. The number of furan rings is 2. The van der Waals surface area contributed by atoms with E-state index in [2.05, 4.69) is 26.0 Å². The molecule has 2 rings (SSSR count). The Balaban J connectivity index is 1.73. The minimum atomic E-state index is 0.152. The summed E-state index contributed by atoms with van der Waals surface area (Å²) in [5.41, 5.74) is 5.28. The summed E-state index contributed by atoms with van der Waals surface area (Å²) in [5, 5.41) is 0. The summed E-state index contributed by atoms with van der Waals surface area (Å²) >= 11 is 0. The molecule has 25 heavy (non-hydrogen) atoms. The molecule has 1 atom stereocenters. The van der Waals surface area contributed by atoms with Gasteiger partial charge >= 0.3 is 0 Å². The van der Waals surface area contributed by atoms with Crippen LogP contribution in [0.3, 0.4) is 0 Å². The molecule has 0 N–H and O–H groups in total. The fraction of sp³-hybridized carbons (Fsp3) is 0.455. The molecule has 0 saturated carbocycles. The Labute approximate surface area is 151 Å². The molecule has 0 bridgehead atoms. The molecule has 0 fully saturated rings. The third-order valence-electron chi connectivity index (χ3n) is 4.42. The number of ether oxygens (including phenoxy) is 1. The number of hydrogen-bond donors (Lipinski definition) is 0. The second-order valence-electron chi connectivity index (χ2n) is 6.70. The molecule has 0 aliphatic heterocycles. The molecule has 0 aromatic carbocycles. The van der Waals surface area contributed by atoms with Gasteiger partial charge in [-0.3, -0.25) is 0 Å². The molecule has 2 aromatic rings. The van der Waals surface area contributed by atoms with Gasteiger partial charge in [-0.1, -0.05) is 23.3 Å². The summed E-state index contributed by atoms with van der Waals surface area (Å²) in [7, 11) is 1.79. The first-order valence-electron chi connectivity index (χ1n) is 9.05. The van der Waals surface area contributed by atoms with Gasteiger partial charge in [0.25, 0.3) is 0 Å². The third-order valence-corrected chi connectivity index (χ3v) is 4.42. The van der Waals surface area contributed by atoms with Crippen molar-refractivity contribution in [3.63, 3.8) is 0 Å². The number of allylic oxidation sites excluding steroid dienone is 2. The first-order chi connectivity index (χ1) is 12.2. The molecule has 0 radical (unpaired) electrons. The summed E-state index contributed by atoms with van der Waals surface area (Å²) in [5.74, 6) is 0. The van der Waals surface area contributed by atoms with Crippen LogP contribution in [-0.4, -0.2) is 13.2 Å². The van der Waals surface area contributed by atoms with Gasteiger partial charge in [0.15, 0.2) is 0 Å². The van der Waals surface area contributed by atoms with Gasteiger partial charge < -0.3 is 13.6 Å². The smallest absolute Gasteiger partial charge is 0.0934 e. The maximum absolute atomic E-state index is 5.65. The first-order valence-corrected chi connectivity index (χ1v) is 9.05. The third kappa shape index (κ3) is 7.61. The highest BCUT2D eigenvalue weighted by atomic mass is 16.5. The maximum Gasteiger partial charge on any atom is 0.0934 e. The van der Waals surface area contributed by atoms with Crippen LogP contribution in [0.1, 0.15) is 50.7 Å². The van der Waals surface area contributed by atoms with Crippen LogP contribution in [-0.2, 0) is 17.6 Å². The second kappa shape index (κ2) is 10.8.